The number of hydrogen-bond donors (Lipinski definition) is 0. The van der Waals surface area contributed by atoms with E-state index in [9.17, 15) is 4.79 Å². The van der Waals surface area contributed by atoms with Crippen LogP contribution < -0.4 is 0 Å². The molecule has 0 radical (unpaired) electrons. The maximum absolute atomic E-state index is 11.5. The first-order valence-corrected chi connectivity index (χ1v) is 7.96. The second-order valence-corrected chi connectivity index (χ2v) is 6.57. The van der Waals surface area contributed by atoms with Gasteiger partial charge in [0.25, 0.3) is 0 Å². The van der Waals surface area contributed by atoms with Crippen LogP contribution in [0, 0.1) is 5.41 Å². The molecule has 1 aromatic carbocycles. The Bertz CT molecular complexity index is 430. The van der Waals surface area contributed by atoms with Gasteiger partial charge in [-0.1, -0.05) is 12.1 Å². The first-order chi connectivity index (χ1) is 8.65. The summed E-state index contributed by atoms with van der Waals surface area (Å²) in [6.45, 7) is 2.33. The zero-order valence-corrected chi connectivity index (χ0v) is 12.9. The average Bonchev–Trinajstić information content (AvgIpc) is 3.08. The van der Waals surface area contributed by atoms with Gasteiger partial charge in [0.15, 0.2) is 0 Å². The van der Waals surface area contributed by atoms with Crippen LogP contribution in [0.2, 0.25) is 0 Å². The van der Waals surface area contributed by atoms with E-state index in [1.807, 2.05) is 36.9 Å². The third kappa shape index (κ3) is 3.75. The summed E-state index contributed by atoms with van der Waals surface area (Å²) in [5, 5.41) is 0. The summed E-state index contributed by atoms with van der Waals surface area (Å²) in [5.41, 5.74) is 0.187. The Kier molecular flexibility index (Phi) is 4.73. The molecule has 2 rings (SSSR count). The number of thioether (sulfide) groups is 1. The Morgan fingerprint density at radius 2 is 2.17 bits per heavy atom. The number of hydrogen-bond acceptors (Lipinski definition) is 3. The van der Waals surface area contributed by atoms with Gasteiger partial charge in [-0.15, -0.1) is 11.8 Å². The number of benzene rings is 1. The molecule has 1 fully saturated rings. The molecule has 0 aliphatic heterocycles. The van der Waals surface area contributed by atoms with Crippen LogP contribution in [0.15, 0.2) is 33.6 Å². The highest BCUT2D eigenvalue weighted by Gasteiger charge is 2.44. The van der Waals surface area contributed by atoms with Crippen LogP contribution in [-0.4, -0.2) is 18.3 Å². The van der Waals surface area contributed by atoms with E-state index in [1.165, 1.54) is 4.90 Å². The first kappa shape index (κ1) is 13.9. The van der Waals surface area contributed by atoms with E-state index in [0.717, 1.165) is 23.1 Å². The zero-order valence-electron chi connectivity index (χ0n) is 10.4. The lowest BCUT2D eigenvalue weighted by Gasteiger charge is -2.14. The molecular formula is C14H17BrO2S. The molecule has 0 bridgehead atoms. The standard InChI is InChI=1S/C14H17BrO2S/c1-2-17-13(16)9-14(7-8-14)10-18-12-6-4-3-5-11(12)15/h3-6H,2,7-10H2,1H3. The molecule has 0 unspecified atom stereocenters. The molecule has 1 aliphatic carbocycles. The summed E-state index contributed by atoms with van der Waals surface area (Å²) in [7, 11) is 0. The second-order valence-electron chi connectivity index (χ2n) is 4.70. The van der Waals surface area contributed by atoms with Crippen molar-refractivity contribution in [1.82, 2.24) is 0 Å². The summed E-state index contributed by atoms with van der Waals surface area (Å²) in [6, 6.07) is 8.21. The summed E-state index contributed by atoms with van der Waals surface area (Å²) in [4.78, 5) is 12.8. The van der Waals surface area contributed by atoms with Gasteiger partial charge in [-0.05, 0) is 53.2 Å². The van der Waals surface area contributed by atoms with Gasteiger partial charge in [-0.2, -0.15) is 0 Å². The van der Waals surface area contributed by atoms with Crippen LogP contribution in [0.25, 0.3) is 0 Å². The fourth-order valence-corrected chi connectivity index (χ4v) is 3.72. The van der Waals surface area contributed by atoms with E-state index in [1.54, 1.807) is 0 Å². The lowest BCUT2D eigenvalue weighted by molar-refractivity contribution is -0.144. The lowest BCUT2D eigenvalue weighted by Crippen LogP contribution is -2.14. The number of carbonyl (C=O) groups is 1. The van der Waals surface area contributed by atoms with E-state index in [0.29, 0.717) is 13.0 Å². The molecule has 98 valence electrons. The highest BCUT2D eigenvalue weighted by molar-refractivity contribution is 9.10. The Hall–Kier alpha value is -0.480. The van der Waals surface area contributed by atoms with E-state index < -0.39 is 0 Å². The number of ether oxygens (including phenoxy) is 1. The Morgan fingerprint density at radius 3 is 2.78 bits per heavy atom. The first-order valence-electron chi connectivity index (χ1n) is 6.18. The molecule has 0 N–H and O–H groups in total. The van der Waals surface area contributed by atoms with Crippen LogP contribution in [0.1, 0.15) is 26.2 Å². The number of esters is 1. The van der Waals surface area contributed by atoms with Crippen molar-refractivity contribution in [2.75, 3.05) is 12.4 Å². The van der Waals surface area contributed by atoms with Crippen molar-refractivity contribution in [3.8, 4) is 0 Å². The molecule has 0 atom stereocenters. The van der Waals surface area contributed by atoms with Crippen molar-refractivity contribution in [3.05, 3.63) is 28.7 Å². The molecule has 18 heavy (non-hydrogen) atoms. The van der Waals surface area contributed by atoms with Crippen molar-refractivity contribution < 1.29 is 9.53 Å². The van der Waals surface area contributed by atoms with Crippen LogP contribution in [0.5, 0.6) is 0 Å². The summed E-state index contributed by atoms with van der Waals surface area (Å²) in [6.07, 6.45) is 2.85. The third-order valence-electron chi connectivity index (χ3n) is 3.15. The van der Waals surface area contributed by atoms with E-state index >= 15 is 0 Å². The van der Waals surface area contributed by atoms with Crippen molar-refractivity contribution in [1.29, 1.82) is 0 Å². The molecule has 4 heteroatoms. The number of halogens is 1. The molecule has 0 aromatic heterocycles. The molecule has 2 nitrogen and oxygen atoms in total. The lowest BCUT2D eigenvalue weighted by atomic mass is 10.1. The highest BCUT2D eigenvalue weighted by Crippen LogP contribution is 2.52. The predicted molar refractivity (Wildman–Crippen MR) is 77.8 cm³/mol. The topological polar surface area (TPSA) is 26.3 Å². The molecule has 0 heterocycles. The Labute approximate surface area is 121 Å². The Balaban J connectivity index is 1.86. The van der Waals surface area contributed by atoms with Crippen LogP contribution in [0.3, 0.4) is 0 Å². The largest absolute Gasteiger partial charge is 0.466 e. The smallest absolute Gasteiger partial charge is 0.306 e. The molecule has 0 saturated heterocycles. The molecule has 0 spiro atoms. The van der Waals surface area contributed by atoms with Crippen LogP contribution in [-0.2, 0) is 9.53 Å². The number of rotatable bonds is 6. The normalized spacial score (nSPS) is 16.3. The average molecular weight is 329 g/mol. The minimum Gasteiger partial charge on any atom is -0.466 e. The van der Waals surface area contributed by atoms with Crippen molar-refractivity contribution in [2.24, 2.45) is 5.41 Å². The third-order valence-corrected chi connectivity index (χ3v) is 5.53. The van der Waals surface area contributed by atoms with E-state index in [-0.39, 0.29) is 11.4 Å². The predicted octanol–water partition coefficient (Wildman–Crippen LogP) is 4.27. The quantitative estimate of drug-likeness (QED) is 0.576. The van der Waals surface area contributed by atoms with Crippen molar-refractivity contribution in [3.63, 3.8) is 0 Å². The van der Waals surface area contributed by atoms with Crippen LogP contribution >= 0.6 is 27.7 Å². The van der Waals surface area contributed by atoms with Gasteiger partial charge in [-0.25, -0.2) is 0 Å². The SMILES string of the molecule is CCOC(=O)CC1(CSc2ccccc2Br)CC1. The summed E-state index contributed by atoms with van der Waals surface area (Å²) >= 11 is 5.37. The van der Waals surface area contributed by atoms with Gasteiger partial charge in [0.05, 0.1) is 13.0 Å². The van der Waals surface area contributed by atoms with Gasteiger partial charge < -0.3 is 4.74 Å². The number of carbonyl (C=O) groups excluding carboxylic acids is 1. The fourth-order valence-electron chi connectivity index (χ4n) is 1.86. The molecule has 1 aliphatic rings. The summed E-state index contributed by atoms with van der Waals surface area (Å²) < 4.78 is 6.16. The van der Waals surface area contributed by atoms with Crippen molar-refractivity contribution in [2.45, 2.75) is 31.1 Å². The van der Waals surface area contributed by atoms with Gasteiger partial charge in [0.2, 0.25) is 0 Å². The monoisotopic (exact) mass is 328 g/mol. The molecule has 0 amide bonds. The van der Waals surface area contributed by atoms with Crippen molar-refractivity contribution >= 4 is 33.7 Å². The highest BCUT2D eigenvalue weighted by atomic mass is 79.9. The fraction of sp³-hybridized carbons (Fsp3) is 0.500. The van der Waals surface area contributed by atoms with Gasteiger partial charge in [-0.3, -0.25) is 4.79 Å². The minimum atomic E-state index is -0.0530. The zero-order chi connectivity index (χ0) is 13.0. The Morgan fingerprint density at radius 1 is 1.44 bits per heavy atom. The second kappa shape index (κ2) is 6.11. The summed E-state index contributed by atoms with van der Waals surface area (Å²) in [5.74, 6) is 0.941. The maximum Gasteiger partial charge on any atom is 0.306 e. The maximum atomic E-state index is 11.5. The van der Waals surface area contributed by atoms with E-state index in [4.69, 9.17) is 4.74 Å². The molecular weight excluding hydrogens is 312 g/mol. The van der Waals surface area contributed by atoms with Crippen LogP contribution in [0.4, 0.5) is 0 Å². The minimum absolute atomic E-state index is 0.0530. The molecule has 1 aromatic rings. The van der Waals surface area contributed by atoms with Gasteiger partial charge >= 0.3 is 5.97 Å². The van der Waals surface area contributed by atoms with Gasteiger partial charge in [0.1, 0.15) is 0 Å². The van der Waals surface area contributed by atoms with Gasteiger partial charge in [0, 0.05) is 15.1 Å². The van der Waals surface area contributed by atoms with E-state index in [2.05, 4.69) is 22.0 Å². The molecule has 1 saturated carbocycles.